The molecule has 0 bridgehead atoms. The van der Waals surface area contributed by atoms with E-state index in [1.807, 2.05) is 19.1 Å². The van der Waals surface area contributed by atoms with Crippen molar-refractivity contribution in [2.24, 2.45) is 11.1 Å². The van der Waals surface area contributed by atoms with Crippen LogP contribution in [0.15, 0.2) is 47.6 Å². The smallest absolute Gasteiger partial charge is 0.115 e. The number of nitrogens with zero attached hydrogens (tertiary/aromatic N) is 2. The molecule has 2 aliphatic rings. The third-order valence-electron chi connectivity index (χ3n) is 6.78. The lowest BCUT2D eigenvalue weighted by Crippen LogP contribution is -2.46. The van der Waals surface area contributed by atoms with Crippen LogP contribution in [0, 0.1) is 5.92 Å². The Morgan fingerprint density at radius 3 is 2.83 bits per heavy atom. The molecule has 1 N–H and O–H groups in total. The minimum atomic E-state index is 0.0947. The number of phenols is 1. The highest BCUT2D eigenvalue weighted by atomic mass is 16.6. The summed E-state index contributed by atoms with van der Waals surface area (Å²) < 4.78 is 0. The van der Waals surface area contributed by atoms with E-state index in [9.17, 15) is 5.11 Å². The largest absolute Gasteiger partial charge is 0.508 e. The Kier molecular flexibility index (Phi) is 5.53. The van der Waals surface area contributed by atoms with Crippen LogP contribution in [0.25, 0.3) is 0 Å². The van der Waals surface area contributed by atoms with E-state index in [1.165, 1.54) is 28.1 Å². The van der Waals surface area contributed by atoms with Gasteiger partial charge in [0.1, 0.15) is 12.4 Å². The van der Waals surface area contributed by atoms with Gasteiger partial charge in [0.05, 0.1) is 5.71 Å². The van der Waals surface area contributed by atoms with Crippen LogP contribution in [-0.4, -0.2) is 31.5 Å². The summed E-state index contributed by atoms with van der Waals surface area (Å²) in [6.45, 7) is 2.61. The molecule has 4 heteroatoms. The summed E-state index contributed by atoms with van der Waals surface area (Å²) >= 11 is 0. The van der Waals surface area contributed by atoms with Gasteiger partial charge in [-0.05, 0) is 92.3 Å². The molecule has 1 saturated carbocycles. The van der Waals surface area contributed by atoms with Crippen LogP contribution in [0.5, 0.6) is 5.75 Å². The fraction of sp³-hybridized carbons (Fsp3) is 0.480. The molecule has 2 aromatic carbocycles. The van der Waals surface area contributed by atoms with E-state index < -0.39 is 0 Å². The zero-order valence-corrected chi connectivity index (χ0v) is 17.8. The minimum absolute atomic E-state index is 0.0947. The molecule has 0 unspecified atom stereocenters. The van der Waals surface area contributed by atoms with Gasteiger partial charge in [-0.2, -0.15) is 0 Å². The zero-order chi connectivity index (χ0) is 20.4. The van der Waals surface area contributed by atoms with Crippen LogP contribution in [-0.2, 0) is 23.1 Å². The van der Waals surface area contributed by atoms with Gasteiger partial charge in [-0.1, -0.05) is 23.4 Å². The molecule has 0 radical (unpaired) electrons. The number of anilines is 1. The Morgan fingerprint density at radius 1 is 1.17 bits per heavy atom. The van der Waals surface area contributed by atoms with Gasteiger partial charge < -0.3 is 14.8 Å². The van der Waals surface area contributed by atoms with Crippen molar-refractivity contribution in [3.05, 3.63) is 59.2 Å². The Bertz CT molecular complexity index is 905. The first-order chi connectivity index (χ1) is 14.0. The molecule has 0 saturated heterocycles. The first-order valence-corrected chi connectivity index (χ1v) is 10.8. The van der Waals surface area contributed by atoms with Crippen molar-refractivity contribution < 1.29 is 9.94 Å². The van der Waals surface area contributed by atoms with Crippen LogP contribution < -0.4 is 4.90 Å². The molecule has 29 heavy (non-hydrogen) atoms. The lowest BCUT2D eigenvalue weighted by atomic mass is 9.55. The van der Waals surface area contributed by atoms with Gasteiger partial charge in [-0.25, -0.2) is 0 Å². The van der Waals surface area contributed by atoms with Gasteiger partial charge in [-0.15, -0.1) is 0 Å². The molecule has 0 spiro atoms. The Labute approximate surface area is 174 Å². The highest BCUT2D eigenvalue weighted by Gasteiger charge is 2.47. The summed E-state index contributed by atoms with van der Waals surface area (Å²) in [6, 6.07) is 14.9. The topological polar surface area (TPSA) is 45.1 Å². The van der Waals surface area contributed by atoms with Crippen molar-refractivity contribution >= 4 is 11.4 Å². The third-order valence-corrected chi connectivity index (χ3v) is 6.78. The number of benzene rings is 2. The summed E-state index contributed by atoms with van der Waals surface area (Å²) in [5, 5.41) is 14.5. The van der Waals surface area contributed by atoms with Gasteiger partial charge in [0.15, 0.2) is 0 Å². The van der Waals surface area contributed by atoms with Crippen molar-refractivity contribution in [1.29, 1.82) is 0 Å². The summed E-state index contributed by atoms with van der Waals surface area (Å²) in [5.41, 5.74) is 6.67. The van der Waals surface area contributed by atoms with Crippen LogP contribution in [0.1, 0.15) is 49.3 Å². The first kappa shape index (κ1) is 19.8. The van der Waals surface area contributed by atoms with E-state index in [1.54, 1.807) is 0 Å². The number of fused-ring (bicyclic) bond motifs is 3. The average Bonchev–Trinajstić information content (AvgIpc) is 2.72. The second-order valence-electron chi connectivity index (χ2n) is 8.75. The van der Waals surface area contributed by atoms with E-state index in [4.69, 9.17) is 4.84 Å². The zero-order valence-electron chi connectivity index (χ0n) is 17.8. The fourth-order valence-corrected chi connectivity index (χ4v) is 5.36. The number of rotatable bonds is 5. The van der Waals surface area contributed by atoms with E-state index in [2.05, 4.69) is 54.5 Å². The highest BCUT2D eigenvalue weighted by molar-refractivity contribution is 5.85. The SMILES string of the molecule is CCON=C1CC[C@@]2(Cc3cccc(N(C)C)c3)c3ccc(O)cc3CC[C@@H]2C1. The Hall–Kier alpha value is -2.49. The Balaban J connectivity index is 1.74. The van der Waals surface area contributed by atoms with Crippen LogP contribution in [0.4, 0.5) is 5.69 Å². The molecule has 0 heterocycles. The van der Waals surface area contributed by atoms with Gasteiger partial charge in [-0.3, -0.25) is 0 Å². The number of aryl methyl sites for hydroxylation is 1. The molecule has 1 fully saturated rings. The second kappa shape index (κ2) is 8.10. The highest BCUT2D eigenvalue weighted by Crippen LogP contribution is 2.52. The molecule has 0 aliphatic heterocycles. The third kappa shape index (κ3) is 3.85. The van der Waals surface area contributed by atoms with Crippen molar-refractivity contribution in [2.75, 3.05) is 25.6 Å². The molecular formula is C25H32N2O2. The summed E-state index contributed by atoms with van der Waals surface area (Å²) in [6.07, 6.45) is 6.25. The lowest BCUT2D eigenvalue weighted by molar-refractivity contribution is 0.149. The molecule has 154 valence electrons. The molecule has 2 aliphatic carbocycles. The molecule has 4 rings (SSSR count). The predicted octanol–water partition coefficient (Wildman–Crippen LogP) is 5.08. The predicted molar refractivity (Wildman–Crippen MR) is 119 cm³/mol. The Morgan fingerprint density at radius 2 is 2.03 bits per heavy atom. The number of hydrogen-bond acceptors (Lipinski definition) is 4. The molecule has 0 amide bonds. The van der Waals surface area contributed by atoms with Gasteiger partial charge in [0.25, 0.3) is 0 Å². The quantitative estimate of drug-likeness (QED) is 0.722. The van der Waals surface area contributed by atoms with E-state index in [0.29, 0.717) is 18.3 Å². The molecular weight excluding hydrogens is 360 g/mol. The van der Waals surface area contributed by atoms with E-state index >= 15 is 0 Å². The lowest BCUT2D eigenvalue weighted by Gasteiger charge is -2.49. The fourth-order valence-electron chi connectivity index (χ4n) is 5.36. The number of aromatic hydroxyl groups is 1. The van der Waals surface area contributed by atoms with Crippen molar-refractivity contribution in [1.82, 2.24) is 0 Å². The van der Waals surface area contributed by atoms with E-state index in [-0.39, 0.29) is 5.41 Å². The normalized spacial score (nSPS) is 24.7. The van der Waals surface area contributed by atoms with Gasteiger partial charge in [0.2, 0.25) is 0 Å². The number of hydrogen-bond donors (Lipinski definition) is 1. The summed E-state index contributed by atoms with van der Waals surface area (Å²) in [5.74, 6) is 0.928. The standard InChI is InChI=1S/C25H32N2O2/c1-4-29-26-21-12-13-25(17-18-6-5-7-22(14-18)27(2)3)20(16-21)9-8-19-15-23(28)10-11-24(19)25/h5-7,10-11,14-15,20,28H,4,8-9,12-13,16-17H2,1-3H3/t20-,25+/m1/s1. The van der Waals surface area contributed by atoms with Crippen molar-refractivity contribution in [3.8, 4) is 5.75 Å². The first-order valence-electron chi connectivity index (χ1n) is 10.8. The molecule has 0 aromatic heterocycles. The minimum Gasteiger partial charge on any atom is -0.508 e. The van der Waals surface area contributed by atoms with Gasteiger partial charge in [0, 0.05) is 25.2 Å². The summed E-state index contributed by atoms with van der Waals surface area (Å²) in [4.78, 5) is 7.55. The average molecular weight is 393 g/mol. The van der Waals surface area contributed by atoms with Crippen LogP contribution >= 0.6 is 0 Å². The van der Waals surface area contributed by atoms with Crippen molar-refractivity contribution in [2.45, 2.75) is 50.9 Å². The molecule has 4 nitrogen and oxygen atoms in total. The molecule has 2 aromatic rings. The molecule has 2 atom stereocenters. The maximum Gasteiger partial charge on any atom is 0.115 e. The maximum atomic E-state index is 10.1. The van der Waals surface area contributed by atoms with Crippen molar-refractivity contribution in [3.63, 3.8) is 0 Å². The van der Waals surface area contributed by atoms with Crippen LogP contribution in [0.3, 0.4) is 0 Å². The van der Waals surface area contributed by atoms with Crippen LogP contribution in [0.2, 0.25) is 0 Å². The monoisotopic (exact) mass is 392 g/mol. The maximum absolute atomic E-state index is 10.1. The van der Waals surface area contributed by atoms with E-state index in [0.717, 1.165) is 38.5 Å². The number of oxime groups is 1. The summed E-state index contributed by atoms with van der Waals surface area (Å²) in [7, 11) is 4.19. The van der Waals surface area contributed by atoms with Gasteiger partial charge >= 0.3 is 0 Å². The second-order valence-corrected chi connectivity index (χ2v) is 8.75. The number of phenolic OH excluding ortho intramolecular Hbond substituents is 1.